The van der Waals surface area contributed by atoms with Crippen molar-refractivity contribution in [1.29, 1.82) is 0 Å². The second-order valence-electron chi connectivity index (χ2n) is 11.1. The van der Waals surface area contributed by atoms with Gasteiger partial charge in [0.1, 0.15) is 0 Å². The van der Waals surface area contributed by atoms with E-state index in [-0.39, 0.29) is 22.0 Å². The van der Waals surface area contributed by atoms with Crippen LogP contribution < -0.4 is 0 Å². The number of rotatable bonds is 1. The van der Waals surface area contributed by atoms with Crippen LogP contribution in [0, 0.1) is 34.0 Å². The van der Waals surface area contributed by atoms with Crippen LogP contribution in [0.3, 0.4) is 0 Å². The van der Waals surface area contributed by atoms with Gasteiger partial charge in [-0.25, -0.2) is 0 Å². The van der Waals surface area contributed by atoms with Crippen molar-refractivity contribution in [1.82, 2.24) is 4.90 Å². The fraction of sp³-hybridized carbons (Fsp3) is 0.846. The predicted octanol–water partition coefficient (Wildman–Crippen LogP) is 5.16. The standard InChI is InChI=1S/C26H39NO2/c1-23(2)21-10-13-25(12-8-18-27-16-6-7-17-27)11-5-4-9-22(25)24(21,3)14-15-26(23)28-19-20-29-26/h9,21H,4-7,10-11,13-20H2,1-3H3/t21?,24-,25-/m0/s1. The van der Waals surface area contributed by atoms with Crippen molar-refractivity contribution >= 4 is 0 Å². The summed E-state index contributed by atoms with van der Waals surface area (Å²) in [6.07, 6.45) is 13.7. The van der Waals surface area contributed by atoms with Gasteiger partial charge in [-0.3, -0.25) is 4.90 Å². The molecule has 0 aromatic rings. The molecule has 4 fully saturated rings. The fourth-order valence-electron chi connectivity index (χ4n) is 7.82. The molecule has 1 spiro atoms. The van der Waals surface area contributed by atoms with E-state index in [1.165, 1.54) is 64.5 Å². The van der Waals surface area contributed by atoms with Crippen LogP contribution in [0.4, 0.5) is 0 Å². The van der Waals surface area contributed by atoms with Crippen molar-refractivity contribution in [3.8, 4) is 11.8 Å². The zero-order valence-electron chi connectivity index (χ0n) is 18.8. The molecule has 29 heavy (non-hydrogen) atoms. The van der Waals surface area contributed by atoms with E-state index in [4.69, 9.17) is 9.47 Å². The normalized spacial score (nSPS) is 40.7. The molecule has 0 N–H and O–H groups in total. The second kappa shape index (κ2) is 7.11. The minimum Gasteiger partial charge on any atom is -0.347 e. The molecule has 0 amide bonds. The van der Waals surface area contributed by atoms with Gasteiger partial charge in [0.05, 0.1) is 25.2 Å². The van der Waals surface area contributed by atoms with E-state index in [0.717, 1.165) is 26.2 Å². The minimum atomic E-state index is -0.367. The number of hydrogen-bond acceptors (Lipinski definition) is 3. The van der Waals surface area contributed by atoms with Crippen LogP contribution in [-0.2, 0) is 9.47 Å². The molecule has 2 saturated heterocycles. The molecule has 2 saturated carbocycles. The Morgan fingerprint density at radius 3 is 2.52 bits per heavy atom. The van der Waals surface area contributed by atoms with Gasteiger partial charge >= 0.3 is 0 Å². The summed E-state index contributed by atoms with van der Waals surface area (Å²) in [5.41, 5.74) is 2.07. The Labute approximate surface area is 177 Å². The van der Waals surface area contributed by atoms with Gasteiger partial charge in [-0.1, -0.05) is 38.7 Å². The van der Waals surface area contributed by atoms with E-state index in [9.17, 15) is 0 Å². The highest BCUT2D eigenvalue weighted by Gasteiger charge is 2.65. The monoisotopic (exact) mass is 397 g/mol. The Kier molecular flexibility index (Phi) is 4.93. The Morgan fingerprint density at radius 2 is 1.76 bits per heavy atom. The molecule has 0 aromatic heterocycles. The molecule has 160 valence electrons. The molecule has 5 aliphatic rings. The van der Waals surface area contributed by atoms with Crippen molar-refractivity contribution in [2.75, 3.05) is 32.8 Å². The molecule has 3 nitrogen and oxygen atoms in total. The summed E-state index contributed by atoms with van der Waals surface area (Å²) in [6, 6.07) is 0. The first kappa shape index (κ1) is 20.1. The summed E-state index contributed by atoms with van der Waals surface area (Å²) in [6.45, 7) is 12.3. The van der Waals surface area contributed by atoms with Gasteiger partial charge in [0, 0.05) is 11.8 Å². The molecule has 3 heteroatoms. The molecule has 2 heterocycles. The maximum absolute atomic E-state index is 6.30. The van der Waals surface area contributed by atoms with Gasteiger partial charge in [0.15, 0.2) is 5.79 Å². The zero-order valence-corrected chi connectivity index (χ0v) is 18.8. The van der Waals surface area contributed by atoms with Gasteiger partial charge in [-0.2, -0.15) is 0 Å². The number of hydrogen-bond donors (Lipinski definition) is 0. The molecule has 0 aromatic carbocycles. The Bertz CT molecular complexity index is 732. The summed E-state index contributed by atoms with van der Waals surface area (Å²) in [5.74, 6) is 7.77. The molecule has 5 rings (SSSR count). The van der Waals surface area contributed by atoms with Crippen LogP contribution in [0.2, 0.25) is 0 Å². The number of nitrogens with zero attached hydrogens (tertiary/aromatic N) is 1. The lowest BCUT2D eigenvalue weighted by Crippen LogP contribution is -2.61. The highest BCUT2D eigenvalue weighted by atomic mass is 16.7. The van der Waals surface area contributed by atoms with Crippen LogP contribution in [0.1, 0.15) is 78.6 Å². The number of allylic oxidation sites excluding steroid dienone is 2. The molecule has 0 bridgehead atoms. The van der Waals surface area contributed by atoms with Crippen LogP contribution in [-0.4, -0.2) is 43.5 Å². The van der Waals surface area contributed by atoms with E-state index < -0.39 is 0 Å². The Hall–Kier alpha value is -0.820. The third kappa shape index (κ3) is 2.97. The lowest BCUT2D eigenvalue weighted by Gasteiger charge is -2.64. The first-order valence-electron chi connectivity index (χ1n) is 12.1. The largest absolute Gasteiger partial charge is 0.347 e. The van der Waals surface area contributed by atoms with Crippen molar-refractivity contribution < 1.29 is 9.47 Å². The van der Waals surface area contributed by atoms with Crippen LogP contribution >= 0.6 is 0 Å². The summed E-state index contributed by atoms with van der Waals surface area (Å²) in [5, 5.41) is 0. The topological polar surface area (TPSA) is 21.7 Å². The average molecular weight is 398 g/mol. The van der Waals surface area contributed by atoms with E-state index in [0.29, 0.717) is 5.92 Å². The van der Waals surface area contributed by atoms with Crippen molar-refractivity contribution in [2.24, 2.45) is 22.2 Å². The van der Waals surface area contributed by atoms with Crippen molar-refractivity contribution in [3.63, 3.8) is 0 Å². The Morgan fingerprint density at radius 1 is 1.00 bits per heavy atom. The van der Waals surface area contributed by atoms with Crippen LogP contribution in [0.25, 0.3) is 0 Å². The smallest absolute Gasteiger partial charge is 0.173 e. The highest BCUT2D eigenvalue weighted by Crippen LogP contribution is 2.68. The summed E-state index contributed by atoms with van der Waals surface area (Å²) in [7, 11) is 0. The number of likely N-dealkylation sites (tertiary alicyclic amines) is 1. The molecule has 3 atom stereocenters. The molecule has 1 unspecified atom stereocenters. The van der Waals surface area contributed by atoms with Gasteiger partial charge < -0.3 is 9.47 Å². The molecular weight excluding hydrogens is 358 g/mol. The number of ether oxygens (including phenoxy) is 2. The first-order valence-corrected chi connectivity index (χ1v) is 12.1. The maximum atomic E-state index is 6.30. The zero-order chi connectivity index (χ0) is 20.2. The van der Waals surface area contributed by atoms with Crippen molar-refractivity contribution in [2.45, 2.75) is 84.3 Å². The predicted molar refractivity (Wildman–Crippen MR) is 116 cm³/mol. The Balaban J connectivity index is 1.46. The summed E-state index contributed by atoms with van der Waals surface area (Å²) < 4.78 is 12.6. The first-order chi connectivity index (χ1) is 13.9. The second-order valence-corrected chi connectivity index (χ2v) is 11.1. The summed E-state index contributed by atoms with van der Waals surface area (Å²) >= 11 is 0. The van der Waals surface area contributed by atoms with Gasteiger partial charge in [0.25, 0.3) is 0 Å². The third-order valence-electron chi connectivity index (χ3n) is 9.32. The van der Waals surface area contributed by atoms with Crippen LogP contribution in [0.5, 0.6) is 0 Å². The van der Waals surface area contributed by atoms with E-state index in [2.05, 4.69) is 43.6 Å². The molecule has 0 radical (unpaired) electrons. The minimum absolute atomic E-state index is 0.0317. The van der Waals surface area contributed by atoms with E-state index in [1.54, 1.807) is 5.57 Å². The van der Waals surface area contributed by atoms with Gasteiger partial charge in [0.2, 0.25) is 0 Å². The molecule has 3 aliphatic carbocycles. The van der Waals surface area contributed by atoms with Crippen LogP contribution in [0.15, 0.2) is 11.6 Å². The average Bonchev–Trinajstić information content (AvgIpc) is 3.39. The van der Waals surface area contributed by atoms with Crippen molar-refractivity contribution in [3.05, 3.63) is 11.6 Å². The molecule has 2 aliphatic heterocycles. The fourth-order valence-corrected chi connectivity index (χ4v) is 7.82. The molecular formula is C26H39NO2. The number of fused-ring (bicyclic) bond motifs is 3. The lowest BCUT2D eigenvalue weighted by molar-refractivity contribution is -0.284. The quantitative estimate of drug-likeness (QED) is 0.450. The van der Waals surface area contributed by atoms with E-state index in [1.807, 2.05) is 0 Å². The van der Waals surface area contributed by atoms with E-state index >= 15 is 0 Å². The lowest BCUT2D eigenvalue weighted by atomic mass is 9.43. The van der Waals surface area contributed by atoms with Gasteiger partial charge in [-0.15, -0.1) is 0 Å². The maximum Gasteiger partial charge on any atom is 0.173 e. The third-order valence-corrected chi connectivity index (χ3v) is 9.32. The van der Waals surface area contributed by atoms with Gasteiger partial charge in [-0.05, 0) is 81.4 Å². The summed E-state index contributed by atoms with van der Waals surface area (Å²) in [4.78, 5) is 2.53. The highest BCUT2D eigenvalue weighted by molar-refractivity contribution is 5.39. The SMILES string of the molecule is CC1(C)C2CC[C@@]3(C#CCN4CCCC4)CCCC=C3[C@@]2(C)CCC12OCCO2.